The van der Waals surface area contributed by atoms with Crippen LogP contribution < -0.4 is 10.6 Å². The van der Waals surface area contributed by atoms with Crippen molar-refractivity contribution in [2.24, 2.45) is 4.99 Å². The standard InChI is InChI=1S/C18H25F4N5O/c1-3-23-17(24-12-16(28)25-15-6-4-14(19)5-7-15)27-10-8-26(9-11-27)13(2)18(20,21)22/h4-7,13H,3,8-12H2,1-2H3,(H,23,24)(H,25,28). The SMILES string of the molecule is CCNC(=NCC(=O)Nc1ccc(F)cc1)N1CCN(C(C)C(F)(F)F)CC1. The second-order valence-electron chi connectivity index (χ2n) is 6.47. The van der Waals surface area contributed by atoms with Crippen molar-refractivity contribution < 1.29 is 22.4 Å². The molecule has 1 heterocycles. The Balaban J connectivity index is 1.91. The quantitative estimate of drug-likeness (QED) is 0.450. The number of aliphatic imine (C=N–C) groups is 1. The van der Waals surface area contributed by atoms with Gasteiger partial charge in [-0.1, -0.05) is 0 Å². The molecule has 1 atom stereocenters. The summed E-state index contributed by atoms with van der Waals surface area (Å²) in [6.07, 6.45) is -4.25. The summed E-state index contributed by atoms with van der Waals surface area (Å²) >= 11 is 0. The minimum Gasteiger partial charge on any atom is -0.357 e. The normalized spacial score (nSPS) is 17.4. The van der Waals surface area contributed by atoms with Crippen LogP contribution in [0, 0.1) is 5.82 Å². The molecule has 0 bridgehead atoms. The molecule has 6 nitrogen and oxygen atoms in total. The lowest BCUT2D eigenvalue weighted by atomic mass is 10.2. The van der Waals surface area contributed by atoms with Crippen LogP contribution in [0.2, 0.25) is 0 Å². The number of guanidine groups is 1. The highest BCUT2D eigenvalue weighted by molar-refractivity contribution is 5.94. The Morgan fingerprint density at radius 1 is 1.18 bits per heavy atom. The average Bonchev–Trinajstić information content (AvgIpc) is 2.66. The van der Waals surface area contributed by atoms with E-state index in [-0.39, 0.29) is 25.5 Å². The fourth-order valence-electron chi connectivity index (χ4n) is 2.83. The number of amides is 1. The summed E-state index contributed by atoms with van der Waals surface area (Å²) in [4.78, 5) is 19.6. The molecule has 1 aromatic carbocycles. The number of halogens is 4. The number of alkyl halides is 3. The number of nitrogens with zero attached hydrogens (tertiary/aromatic N) is 3. The molecule has 2 N–H and O–H groups in total. The Morgan fingerprint density at radius 3 is 2.32 bits per heavy atom. The molecule has 10 heteroatoms. The monoisotopic (exact) mass is 403 g/mol. The summed E-state index contributed by atoms with van der Waals surface area (Å²) < 4.78 is 51.5. The molecule has 1 fully saturated rings. The fraction of sp³-hybridized carbons (Fsp3) is 0.556. The lowest BCUT2D eigenvalue weighted by Crippen LogP contribution is -2.56. The highest BCUT2D eigenvalue weighted by Crippen LogP contribution is 2.25. The Morgan fingerprint density at radius 2 is 1.79 bits per heavy atom. The van der Waals surface area contributed by atoms with Crippen molar-refractivity contribution in [3.05, 3.63) is 30.1 Å². The molecule has 1 amide bonds. The molecule has 28 heavy (non-hydrogen) atoms. The molecule has 0 radical (unpaired) electrons. The molecule has 0 spiro atoms. The van der Waals surface area contributed by atoms with Crippen LogP contribution in [0.1, 0.15) is 13.8 Å². The number of hydrogen-bond acceptors (Lipinski definition) is 3. The molecular formula is C18H25F4N5O. The van der Waals surface area contributed by atoms with Crippen LogP contribution in [0.15, 0.2) is 29.3 Å². The van der Waals surface area contributed by atoms with Crippen molar-refractivity contribution in [2.45, 2.75) is 26.1 Å². The summed E-state index contributed by atoms with van der Waals surface area (Å²) in [5.74, 6) is -0.285. The van der Waals surface area contributed by atoms with Crippen LogP contribution in [0.25, 0.3) is 0 Å². The van der Waals surface area contributed by atoms with Gasteiger partial charge in [0.15, 0.2) is 5.96 Å². The van der Waals surface area contributed by atoms with E-state index in [1.165, 1.54) is 29.2 Å². The van der Waals surface area contributed by atoms with Gasteiger partial charge in [-0.15, -0.1) is 0 Å². The van der Waals surface area contributed by atoms with E-state index in [2.05, 4.69) is 15.6 Å². The first-order valence-electron chi connectivity index (χ1n) is 9.10. The number of benzene rings is 1. The second-order valence-corrected chi connectivity index (χ2v) is 6.47. The van der Waals surface area contributed by atoms with E-state index in [1.54, 1.807) is 0 Å². The van der Waals surface area contributed by atoms with Gasteiger partial charge < -0.3 is 15.5 Å². The number of rotatable bonds is 5. The molecule has 1 saturated heterocycles. The largest absolute Gasteiger partial charge is 0.403 e. The maximum Gasteiger partial charge on any atom is 0.403 e. The van der Waals surface area contributed by atoms with Crippen LogP contribution in [-0.4, -0.2) is 73.2 Å². The maximum absolute atomic E-state index is 12.9. The third kappa shape index (κ3) is 6.36. The van der Waals surface area contributed by atoms with Crippen LogP contribution in [-0.2, 0) is 4.79 Å². The van der Waals surface area contributed by atoms with Gasteiger partial charge in [-0.05, 0) is 38.1 Å². The Labute approximate surface area is 161 Å². The lowest BCUT2D eigenvalue weighted by Gasteiger charge is -2.39. The fourth-order valence-corrected chi connectivity index (χ4v) is 2.83. The first-order chi connectivity index (χ1) is 13.2. The van der Waals surface area contributed by atoms with E-state index in [1.807, 2.05) is 11.8 Å². The van der Waals surface area contributed by atoms with Crippen LogP contribution in [0.3, 0.4) is 0 Å². The number of carbonyl (C=O) groups excluding carboxylic acids is 1. The zero-order chi connectivity index (χ0) is 20.7. The van der Waals surface area contributed by atoms with Crippen LogP contribution in [0.5, 0.6) is 0 Å². The van der Waals surface area contributed by atoms with Crippen molar-refractivity contribution >= 4 is 17.6 Å². The van der Waals surface area contributed by atoms with Gasteiger partial charge in [-0.2, -0.15) is 13.2 Å². The second kappa shape index (κ2) is 9.72. The molecule has 2 rings (SSSR count). The molecule has 0 aliphatic carbocycles. The van der Waals surface area contributed by atoms with Gasteiger partial charge >= 0.3 is 6.18 Å². The van der Waals surface area contributed by atoms with Crippen LogP contribution >= 0.6 is 0 Å². The third-order valence-electron chi connectivity index (χ3n) is 4.47. The number of hydrogen-bond donors (Lipinski definition) is 2. The first kappa shape index (κ1) is 21.9. The maximum atomic E-state index is 12.9. The van der Waals surface area contributed by atoms with Gasteiger partial charge in [0.05, 0.1) is 0 Å². The topological polar surface area (TPSA) is 60.0 Å². The van der Waals surface area contributed by atoms with E-state index in [4.69, 9.17) is 0 Å². The van der Waals surface area contributed by atoms with Crippen molar-refractivity contribution in [2.75, 3.05) is 44.6 Å². The van der Waals surface area contributed by atoms with Crippen molar-refractivity contribution in [1.29, 1.82) is 0 Å². The van der Waals surface area contributed by atoms with Gasteiger partial charge in [0, 0.05) is 38.4 Å². The minimum atomic E-state index is -4.25. The Kier molecular flexibility index (Phi) is 7.61. The number of piperazine rings is 1. The summed E-state index contributed by atoms with van der Waals surface area (Å²) in [7, 11) is 0. The number of anilines is 1. The molecule has 156 valence electrons. The van der Waals surface area contributed by atoms with E-state index < -0.39 is 18.0 Å². The van der Waals surface area contributed by atoms with Gasteiger partial charge in [0.25, 0.3) is 0 Å². The molecular weight excluding hydrogens is 378 g/mol. The lowest BCUT2D eigenvalue weighted by molar-refractivity contribution is -0.181. The minimum absolute atomic E-state index is 0.154. The van der Waals surface area contributed by atoms with Gasteiger partial charge in [-0.3, -0.25) is 9.69 Å². The molecule has 1 aliphatic heterocycles. The average molecular weight is 403 g/mol. The predicted octanol–water partition coefficient (Wildman–Crippen LogP) is 2.30. The zero-order valence-electron chi connectivity index (χ0n) is 15.9. The highest BCUT2D eigenvalue weighted by atomic mass is 19.4. The molecule has 0 saturated carbocycles. The zero-order valence-corrected chi connectivity index (χ0v) is 15.9. The molecule has 0 aromatic heterocycles. The molecule has 1 unspecified atom stereocenters. The van der Waals surface area contributed by atoms with E-state index in [0.29, 0.717) is 31.3 Å². The summed E-state index contributed by atoms with van der Waals surface area (Å²) in [5.41, 5.74) is 0.460. The van der Waals surface area contributed by atoms with E-state index in [9.17, 15) is 22.4 Å². The smallest absolute Gasteiger partial charge is 0.357 e. The molecule has 1 aliphatic rings. The molecule has 1 aromatic rings. The Hall–Kier alpha value is -2.36. The summed E-state index contributed by atoms with van der Waals surface area (Å²) in [5, 5.41) is 5.67. The van der Waals surface area contributed by atoms with Gasteiger partial charge in [0.1, 0.15) is 18.4 Å². The van der Waals surface area contributed by atoms with Crippen molar-refractivity contribution in [3.63, 3.8) is 0 Å². The number of carbonyl (C=O) groups is 1. The van der Waals surface area contributed by atoms with E-state index in [0.717, 1.165) is 6.92 Å². The third-order valence-corrected chi connectivity index (χ3v) is 4.47. The number of nitrogens with one attached hydrogen (secondary N) is 2. The summed E-state index contributed by atoms with van der Waals surface area (Å²) in [6.45, 7) is 4.72. The van der Waals surface area contributed by atoms with Gasteiger partial charge in [-0.25, -0.2) is 9.38 Å². The Bertz CT molecular complexity index is 670. The van der Waals surface area contributed by atoms with Crippen molar-refractivity contribution in [1.82, 2.24) is 15.1 Å². The predicted molar refractivity (Wildman–Crippen MR) is 99.7 cm³/mol. The van der Waals surface area contributed by atoms with Crippen molar-refractivity contribution in [3.8, 4) is 0 Å². The highest BCUT2D eigenvalue weighted by Gasteiger charge is 2.41. The van der Waals surface area contributed by atoms with E-state index >= 15 is 0 Å². The first-order valence-corrected chi connectivity index (χ1v) is 9.10. The van der Waals surface area contributed by atoms with Gasteiger partial charge in [0.2, 0.25) is 5.91 Å². The van der Waals surface area contributed by atoms with Crippen LogP contribution in [0.4, 0.5) is 23.2 Å². The summed E-state index contributed by atoms with van der Waals surface area (Å²) in [6, 6.07) is 3.89.